The van der Waals surface area contributed by atoms with E-state index in [0.29, 0.717) is 0 Å². The Morgan fingerprint density at radius 3 is 1.94 bits per heavy atom. The number of carbonyl (C=O) groups is 4. The topological polar surface area (TPSA) is 107 Å². The molecule has 0 aliphatic carbocycles. The van der Waals surface area contributed by atoms with Gasteiger partial charge in [-0.1, -0.05) is 68.5 Å². The molecule has 7 heteroatoms. The minimum atomic E-state index is -1.93. The zero-order chi connectivity index (χ0) is 26.7. The summed E-state index contributed by atoms with van der Waals surface area (Å²) in [5.74, 6) is -4.29. The smallest absolute Gasteiger partial charge is 0.312 e. The van der Waals surface area contributed by atoms with Gasteiger partial charge in [0.2, 0.25) is 5.91 Å². The van der Waals surface area contributed by atoms with Crippen LogP contribution < -0.4 is 5.73 Å². The molecule has 3 rings (SSSR count). The molecular formula is C29H34N2O5. The number of fused-ring (bicyclic) bond motifs is 1. The molecule has 2 aromatic carbocycles. The van der Waals surface area contributed by atoms with Gasteiger partial charge in [0, 0.05) is 0 Å². The monoisotopic (exact) mass is 490 g/mol. The van der Waals surface area contributed by atoms with Crippen LogP contribution in [0.2, 0.25) is 0 Å². The molecule has 0 aromatic heterocycles. The first-order valence-corrected chi connectivity index (χ1v) is 12.1. The van der Waals surface area contributed by atoms with E-state index < -0.39 is 40.7 Å². The summed E-state index contributed by atoms with van der Waals surface area (Å²) >= 11 is 0. The fourth-order valence-electron chi connectivity index (χ4n) is 4.71. The molecule has 2 N–H and O–H groups in total. The van der Waals surface area contributed by atoms with Crippen LogP contribution in [0.1, 0.15) is 73.7 Å². The molecule has 0 radical (unpaired) electrons. The third-order valence-corrected chi connectivity index (χ3v) is 6.09. The molecule has 1 heterocycles. The average molecular weight is 491 g/mol. The van der Waals surface area contributed by atoms with Crippen LogP contribution in [-0.2, 0) is 14.3 Å². The second-order valence-electron chi connectivity index (χ2n) is 10.5. The molecule has 1 aliphatic heterocycles. The van der Waals surface area contributed by atoms with Gasteiger partial charge in [-0.15, -0.1) is 0 Å². The fourth-order valence-corrected chi connectivity index (χ4v) is 4.71. The van der Waals surface area contributed by atoms with Gasteiger partial charge in [0.25, 0.3) is 11.8 Å². The second-order valence-corrected chi connectivity index (χ2v) is 10.5. The van der Waals surface area contributed by atoms with E-state index in [1.807, 2.05) is 50.3 Å². The summed E-state index contributed by atoms with van der Waals surface area (Å²) in [4.78, 5) is 55.1. The molecule has 0 bridgehead atoms. The van der Waals surface area contributed by atoms with Gasteiger partial charge in [0.1, 0.15) is 11.1 Å². The zero-order valence-corrected chi connectivity index (χ0v) is 21.5. The number of imide groups is 1. The Morgan fingerprint density at radius 2 is 1.47 bits per heavy atom. The Kier molecular flexibility index (Phi) is 7.82. The number of hydrogen-bond acceptors (Lipinski definition) is 5. The van der Waals surface area contributed by atoms with Crippen molar-refractivity contribution in [3.8, 4) is 0 Å². The molecule has 0 fully saturated rings. The largest absolute Gasteiger partial charge is 0.460 e. The van der Waals surface area contributed by atoms with E-state index >= 15 is 0 Å². The van der Waals surface area contributed by atoms with E-state index in [9.17, 15) is 19.2 Å². The maximum Gasteiger partial charge on any atom is 0.312 e. The molecule has 36 heavy (non-hydrogen) atoms. The molecule has 1 aliphatic rings. The Bertz CT molecular complexity index is 1140. The van der Waals surface area contributed by atoms with Crippen LogP contribution in [0.15, 0.2) is 60.7 Å². The van der Waals surface area contributed by atoms with Crippen molar-refractivity contribution in [2.75, 3.05) is 0 Å². The summed E-state index contributed by atoms with van der Waals surface area (Å²) in [5, 5.41) is 0. The average Bonchev–Trinajstić information content (AvgIpc) is 3.05. The second kappa shape index (κ2) is 10.5. The quantitative estimate of drug-likeness (QED) is 0.408. The van der Waals surface area contributed by atoms with Crippen molar-refractivity contribution in [3.05, 3.63) is 77.4 Å². The van der Waals surface area contributed by atoms with E-state index in [2.05, 4.69) is 0 Å². The van der Waals surface area contributed by atoms with Crippen LogP contribution >= 0.6 is 0 Å². The van der Waals surface area contributed by atoms with Crippen LogP contribution in [0, 0.1) is 11.8 Å². The van der Waals surface area contributed by atoms with Crippen LogP contribution in [0.5, 0.6) is 0 Å². The molecule has 0 saturated carbocycles. The van der Waals surface area contributed by atoms with Gasteiger partial charge in [-0.05, 0) is 57.2 Å². The maximum absolute atomic E-state index is 13.7. The Balaban J connectivity index is 2.17. The Labute approximate surface area is 212 Å². The zero-order valence-electron chi connectivity index (χ0n) is 21.5. The van der Waals surface area contributed by atoms with E-state index in [4.69, 9.17) is 10.5 Å². The molecule has 3 amide bonds. The minimum Gasteiger partial charge on any atom is -0.460 e. The van der Waals surface area contributed by atoms with Crippen molar-refractivity contribution in [2.24, 2.45) is 17.6 Å². The van der Waals surface area contributed by atoms with Crippen molar-refractivity contribution >= 4 is 29.8 Å². The van der Waals surface area contributed by atoms with Crippen molar-refractivity contribution in [1.29, 1.82) is 0 Å². The summed E-state index contributed by atoms with van der Waals surface area (Å²) in [6.07, 6.45) is 3.62. The predicted molar refractivity (Wildman–Crippen MR) is 138 cm³/mol. The summed E-state index contributed by atoms with van der Waals surface area (Å²) in [6.45, 7) is 8.86. The predicted octanol–water partition coefficient (Wildman–Crippen LogP) is 4.61. The van der Waals surface area contributed by atoms with Crippen molar-refractivity contribution < 1.29 is 23.9 Å². The summed E-state index contributed by atoms with van der Waals surface area (Å²) < 4.78 is 5.72. The Morgan fingerprint density at radius 1 is 0.944 bits per heavy atom. The summed E-state index contributed by atoms with van der Waals surface area (Å²) in [7, 11) is 0. The number of esters is 1. The first kappa shape index (κ1) is 26.9. The summed E-state index contributed by atoms with van der Waals surface area (Å²) in [5.41, 5.74) is 4.50. The van der Waals surface area contributed by atoms with Crippen molar-refractivity contribution in [3.63, 3.8) is 0 Å². The highest BCUT2D eigenvalue weighted by Gasteiger charge is 2.59. The van der Waals surface area contributed by atoms with Gasteiger partial charge in [-0.25, -0.2) is 0 Å². The number of nitrogens with zero attached hydrogens (tertiary/aromatic N) is 1. The molecule has 7 nitrogen and oxygen atoms in total. The van der Waals surface area contributed by atoms with Gasteiger partial charge in [-0.2, -0.15) is 0 Å². The molecule has 190 valence electrons. The van der Waals surface area contributed by atoms with Gasteiger partial charge in [0.05, 0.1) is 17.0 Å². The Hall–Kier alpha value is -3.74. The summed E-state index contributed by atoms with van der Waals surface area (Å²) in [6, 6.07) is 15.8. The molecule has 0 unspecified atom stereocenters. The molecule has 2 atom stereocenters. The van der Waals surface area contributed by atoms with Gasteiger partial charge in [0.15, 0.2) is 0 Å². The highest BCUT2D eigenvalue weighted by Crippen LogP contribution is 2.41. The number of nitrogens with two attached hydrogens (primary N) is 1. The lowest BCUT2D eigenvalue weighted by Crippen LogP contribution is -2.66. The van der Waals surface area contributed by atoms with Crippen LogP contribution in [0.3, 0.4) is 0 Å². The molecule has 0 spiro atoms. The van der Waals surface area contributed by atoms with Gasteiger partial charge < -0.3 is 10.5 Å². The molecule has 0 saturated heterocycles. The van der Waals surface area contributed by atoms with E-state index in [0.717, 1.165) is 10.5 Å². The highest BCUT2D eigenvalue weighted by atomic mass is 16.6. The van der Waals surface area contributed by atoms with Crippen LogP contribution in [-0.4, -0.2) is 39.7 Å². The third-order valence-electron chi connectivity index (χ3n) is 6.09. The standard InChI is InChI=1S/C29H34N2O5/c1-19(2)18-29(27(30)35,31-24(32)21-15-9-10-16-22(21)25(31)33)23(26(34)36-28(3,4)5)17-11-14-20-12-7-6-8-13-20/h6-16,19,23H,17-18H2,1-5H3,(H2,30,35)/t23-,29+/m1/s1. The maximum atomic E-state index is 13.7. The van der Waals surface area contributed by atoms with E-state index in [1.54, 1.807) is 39.0 Å². The fraction of sp³-hybridized carbons (Fsp3) is 0.379. The van der Waals surface area contributed by atoms with Crippen LogP contribution in [0.25, 0.3) is 6.08 Å². The number of allylic oxidation sites excluding steroid dienone is 1. The number of amides is 3. The number of rotatable bonds is 9. The first-order chi connectivity index (χ1) is 16.9. The van der Waals surface area contributed by atoms with E-state index in [1.165, 1.54) is 12.1 Å². The van der Waals surface area contributed by atoms with Gasteiger partial charge >= 0.3 is 5.97 Å². The number of hydrogen-bond donors (Lipinski definition) is 1. The lowest BCUT2D eigenvalue weighted by Gasteiger charge is -2.44. The molecule has 2 aromatic rings. The highest BCUT2D eigenvalue weighted by molar-refractivity contribution is 6.23. The van der Waals surface area contributed by atoms with Gasteiger partial charge in [-0.3, -0.25) is 24.1 Å². The number of benzene rings is 2. The SMILES string of the molecule is CC(C)C[C@@](C(N)=O)([C@H](CC=Cc1ccccc1)C(=O)OC(C)(C)C)N1C(=O)c2ccccc2C1=O. The first-order valence-electron chi connectivity index (χ1n) is 12.1. The lowest BCUT2D eigenvalue weighted by atomic mass is 9.73. The van der Waals surface area contributed by atoms with Crippen LogP contribution in [0.4, 0.5) is 0 Å². The number of primary amides is 1. The van der Waals surface area contributed by atoms with E-state index in [-0.39, 0.29) is 29.9 Å². The molecular weight excluding hydrogens is 456 g/mol. The normalized spacial score (nSPS) is 16.2. The minimum absolute atomic E-state index is 0.0108. The number of carbonyl (C=O) groups excluding carboxylic acids is 4. The van der Waals surface area contributed by atoms with Crippen molar-refractivity contribution in [1.82, 2.24) is 4.90 Å². The van der Waals surface area contributed by atoms with Crippen molar-refractivity contribution in [2.45, 2.75) is 58.6 Å². The number of ether oxygens (including phenoxy) is 1. The third kappa shape index (κ3) is 5.40. The lowest BCUT2D eigenvalue weighted by molar-refractivity contribution is -0.167.